The van der Waals surface area contributed by atoms with E-state index in [0.29, 0.717) is 12.1 Å². The molecule has 0 saturated heterocycles. The molecule has 0 atom stereocenters. The number of rotatable bonds is 3. The molecule has 1 fully saturated rings. The van der Waals surface area contributed by atoms with Gasteiger partial charge in [-0.25, -0.2) is 0 Å². The number of pyridine rings is 1. The fourth-order valence-corrected chi connectivity index (χ4v) is 2.77. The van der Waals surface area contributed by atoms with E-state index in [1.165, 1.54) is 18.5 Å². The highest BCUT2D eigenvalue weighted by molar-refractivity contribution is 5.47. The minimum atomic E-state index is 0.420. The average Bonchev–Trinajstić information content (AvgIpc) is 2.33. The van der Waals surface area contributed by atoms with Crippen molar-refractivity contribution in [2.24, 2.45) is 5.73 Å². The summed E-state index contributed by atoms with van der Waals surface area (Å²) in [6.45, 7) is 5.34. The molecule has 1 aromatic rings. The van der Waals surface area contributed by atoms with Crippen LogP contribution in [0.2, 0.25) is 0 Å². The van der Waals surface area contributed by atoms with E-state index in [2.05, 4.69) is 28.9 Å². The van der Waals surface area contributed by atoms with Gasteiger partial charge in [0.15, 0.2) is 0 Å². The highest BCUT2D eigenvalue weighted by Gasteiger charge is 2.23. The fourth-order valence-electron chi connectivity index (χ4n) is 2.77. The van der Waals surface area contributed by atoms with Gasteiger partial charge in [0.2, 0.25) is 0 Å². The molecule has 3 nitrogen and oxygen atoms in total. The first-order valence-corrected chi connectivity index (χ1v) is 6.65. The molecule has 1 heterocycles. The van der Waals surface area contributed by atoms with Crippen LogP contribution in [0, 0.1) is 6.92 Å². The molecule has 0 unspecified atom stereocenters. The summed E-state index contributed by atoms with van der Waals surface area (Å²) in [7, 11) is 0. The van der Waals surface area contributed by atoms with Crippen molar-refractivity contribution in [3.05, 3.63) is 24.0 Å². The Morgan fingerprint density at radius 3 is 2.65 bits per heavy atom. The van der Waals surface area contributed by atoms with Crippen LogP contribution in [0.15, 0.2) is 18.3 Å². The van der Waals surface area contributed by atoms with Gasteiger partial charge < -0.3 is 10.6 Å². The Kier molecular flexibility index (Phi) is 4.00. The van der Waals surface area contributed by atoms with Gasteiger partial charge in [-0.05, 0) is 51.7 Å². The molecule has 17 heavy (non-hydrogen) atoms. The van der Waals surface area contributed by atoms with Gasteiger partial charge in [-0.15, -0.1) is 0 Å². The molecule has 1 aliphatic rings. The van der Waals surface area contributed by atoms with E-state index in [-0.39, 0.29) is 0 Å². The smallest absolute Gasteiger partial charge is 0.0402 e. The van der Waals surface area contributed by atoms with Crippen molar-refractivity contribution in [3.8, 4) is 0 Å². The topological polar surface area (TPSA) is 42.2 Å². The first-order valence-electron chi connectivity index (χ1n) is 6.65. The van der Waals surface area contributed by atoms with E-state index in [1.54, 1.807) is 0 Å². The molecule has 0 aliphatic heterocycles. The van der Waals surface area contributed by atoms with Crippen molar-refractivity contribution in [2.75, 3.05) is 11.4 Å². The normalized spacial score (nSPS) is 24.6. The summed E-state index contributed by atoms with van der Waals surface area (Å²) in [6.07, 6.45) is 6.66. The van der Waals surface area contributed by atoms with Gasteiger partial charge in [0.25, 0.3) is 0 Å². The largest absolute Gasteiger partial charge is 0.369 e. The summed E-state index contributed by atoms with van der Waals surface area (Å²) in [5, 5.41) is 0. The molecule has 3 heteroatoms. The van der Waals surface area contributed by atoms with Gasteiger partial charge in [-0.3, -0.25) is 4.98 Å². The van der Waals surface area contributed by atoms with E-state index >= 15 is 0 Å². The van der Waals surface area contributed by atoms with Crippen LogP contribution in [0.25, 0.3) is 0 Å². The summed E-state index contributed by atoms with van der Waals surface area (Å²) in [6, 6.07) is 5.37. The Hall–Kier alpha value is -1.09. The van der Waals surface area contributed by atoms with Crippen LogP contribution in [-0.2, 0) is 0 Å². The summed E-state index contributed by atoms with van der Waals surface area (Å²) in [5.74, 6) is 0. The van der Waals surface area contributed by atoms with Gasteiger partial charge in [-0.1, -0.05) is 0 Å². The molecule has 1 saturated carbocycles. The minimum absolute atomic E-state index is 0.420. The summed E-state index contributed by atoms with van der Waals surface area (Å²) < 4.78 is 0. The molecular formula is C14H23N3. The lowest BCUT2D eigenvalue weighted by molar-refractivity contribution is 0.378. The second-order valence-corrected chi connectivity index (χ2v) is 5.01. The predicted octanol–water partition coefficient (Wildman–Crippen LogP) is 2.49. The van der Waals surface area contributed by atoms with Gasteiger partial charge in [0.1, 0.15) is 0 Å². The quantitative estimate of drug-likeness (QED) is 0.872. The third-order valence-electron chi connectivity index (χ3n) is 3.73. The monoisotopic (exact) mass is 233 g/mol. The van der Waals surface area contributed by atoms with Gasteiger partial charge in [0.05, 0.1) is 0 Å². The van der Waals surface area contributed by atoms with E-state index in [9.17, 15) is 0 Å². The molecule has 0 amide bonds. The lowest BCUT2D eigenvalue weighted by Gasteiger charge is -2.37. The zero-order valence-electron chi connectivity index (χ0n) is 10.9. The third kappa shape index (κ3) is 2.97. The summed E-state index contributed by atoms with van der Waals surface area (Å²) >= 11 is 0. The number of nitrogens with zero attached hydrogens (tertiary/aromatic N) is 2. The number of anilines is 1. The molecule has 0 aromatic carbocycles. The summed E-state index contributed by atoms with van der Waals surface area (Å²) in [4.78, 5) is 6.77. The van der Waals surface area contributed by atoms with Crippen molar-refractivity contribution < 1.29 is 0 Å². The second-order valence-electron chi connectivity index (χ2n) is 5.01. The van der Waals surface area contributed by atoms with Crippen molar-refractivity contribution in [2.45, 2.75) is 51.6 Å². The van der Waals surface area contributed by atoms with Gasteiger partial charge in [0, 0.05) is 36.2 Å². The van der Waals surface area contributed by atoms with Crippen LogP contribution < -0.4 is 10.6 Å². The average molecular weight is 233 g/mol. The van der Waals surface area contributed by atoms with E-state index in [0.717, 1.165) is 25.1 Å². The minimum Gasteiger partial charge on any atom is -0.369 e. The zero-order chi connectivity index (χ0) is 12.3. The van der Waals surface area contributed by atoms with Crippen LogP contribution in [0.3, 0.4) is 0 Å². The number of nitrogens with two attached hydrogens (primary N) is 1. The molecule has 1 aromatic heterocycles. The maximum atomic E-state index is 5.97. The zero-order valence-corrected chi connectivity index (χ0v) is 10.9. The third-order valence-corrected chi connectivity index (χ3v) is 3.73. The number of aromatic nitrogens is 1. The van der Waals surface area contributed by atoms with Crippen LogP contribution in [0.1, 0.15) is 38.3 Å². The first kappa shape index (κ1) is 12.4. The Bertz CT molecular complexity index is 356. The second kappa shape index (κ2) is 5.50. The van der Waals surface area contributed by atoms with Gasteiger partial charge >= 0.3 is 0 Å². The van der Waals surface area contributed by atoms with E-state index in [4.69, 9.17) is 5.73 Å². The lowest BCUT2D eigenvalue weighted by atomic mass is 9.90. The number of hydrogen-bond donors (Lipinski definition) is 1. The van der Waals surface area contributed by atoms with E-state index < -0.39 is 0 Å². The predicted molar refractivity (Wildman–Crippen MR) is 72.2 cm³/mol. The molecule has 0 radical (unpaired) electrons. The highest BCUT2D eigenvalue weighted by atomic mass is 15.2. The summed E-state index contributed by atoms with van der Waals surface area (Å²) in [5.41, 5.74) is 8.37. The van der Waals surface area contributed by atoms with Crippen molar-refractivity contribution in [1.82, 2.24) is 4.98 Å². The molecule has 2 rings (SSSR count). The number of hydrogen-bond acceptors (Lipinski definition) is 3. The lowest BCUT2D eigenvalue weighted by Crippen LogP contribution is -2.41. The SMILES string of the molecule is CCN(c1ccnc(C)c1)C1CCC(N)CC1. The van der Waals surface area contributed by atoms with Crippen LogP contribution >= 0.6 is 0 Å². The fraction of sp³-hybridized carbons (Fsp3) is 0.643. The molecule has 94 valence electrons. The van der Waals surface area contributed by atoms with Crippen LogP contribution in [0.5, 0.6) is 0 Å². The molecule has 0 bridgehead atoms. The van der Waals surface area contributed by atoms with Crippen molar-refractivity contribution in [1.29, 1.82) is 0 Å². The number of aryl methyl sites for hydroxylation is 1. The van der Waals surface area contributed by atoms with Crippen LogP contribution in [-0.4, -0.2) is 23.6 Å². The van der Waals surface area contributed by atoms with Crippen LogP contribution in [0.4, 0.5) is 5.69 Å². The molecular weight excluding hydrogens is 210 g/mol. The first-order chi connectivity index (χ1) is 8.20. The Labute approximate surface area is 104 Å². The maximum absolute atomic E-state index is 5.97. The standard InChI is InChI=1S/C14H23N3/c1-3-17(13-6-4-12(15)5-7-13)14-8-9-16-11(2)10-14/h8-10,12-13H,3-7,15H2,1-2H3. The molecule has 1 aliphatic carbocycles. The van der Waals surface area contributed by atoms with E-state index in [1.807, 2.05) is 13.1 Å². The van der Waals surface area contributed by atoms with Gasteiger partial charge in [-0.2, -0.15) is 0 Å². The Balaban J connectivity index is 2.10. The Morgan fingerprint density at radius 1 is 1.35 bits per heavy atom. The van der Waals surface area contributed by atoms with Crippen molar-refractivity contribution in [3.63, 3.8) is 0 Å². The molecule has 2 N–H and O–H groups in total. The Morgan fingerprint density at radius 2 is 2.06 bits per heavy atom. The molecule has 0 spiro atoms. The maximum Gasteiger partial charge on any atom is 0.0402 e. The van der Waals surface area contributed by atoms with Crippen molar-refractivity contribution >= 4 is 5.69 Å². The highest BCUT2D eigenvalue weighted by Crippen LogP contribution is 2.26.